The number of fused-ring (bicyclic) bond motifs is 1. The molecule has 1 N–H and O–H groups in total. The Morgan fingerprint density at radius 2 is 1.94 bits per heavy atom. The number of benzene rings is 1. The molecule has 0 aliphatic carbocycles. The van der Waals surface area contributed by atoms with Crippen LogP contribution >= 0.6 is 11.8 Å². The molecule has 1 saturated heterocycles. The van der Waals surface area contributed by atoms with E-state index in [2.05, 4.69) is 9.97 Å². The van der Waals surface area contributed by atoms with E-state index in [-0.39, 0.29) is 18.4 Å². The number of imidazole rings is 1. The maximum atomic E-state index is 11.7. The molecule has 0 radical (unpaired) electrons. The Morgan fingerprint density at radius 3 is 2.67 bits per heavy atom. The average Bonchev–Trinajstić information content (AvgIpc) is 2.76. The fraction of sp³-hybridized carbons (Fsp3) is 0.250. The van der Waals surface area contributed by atoms with Crippen LogP contribution in [0.25, 0.3) is 11.0 Å². The molecule has 0 bridgehead atoms. The van der Waals surface area contributed by atoms with Gasteiger partial charge in [-0.3, -0.25) is 14.5 Å². The summed E-state index contributed by atoms with van der Waals surface area (Å²) >= 11 is 1.36. The number of carbonyl (C=O) groups is 2. The standard InChI is InChI=1S/C12H11N3O2S/c16-11-6-18-7-12(17)15(11)5-10-13-8-3-1-2-4-9(8)14-10/h1-4H,5-7H2,(H,13,14). The SMILES string of the molecule is O=C1CSCC(=O)N1Cc1nc2ccccc2[nH]1. The molecule has 5 nitrogen and oxygen atoms in total. The Labute approximate surface area is 108 Å². The zero-order valence-electron chi connectivity index (χ0n) is 9.55. The number of carbonyl (C=O) groups excluding carboxylic acids is 2. The second-order valence-corrected chi connectivity index (χ2v) is 5.05. The van der Waals surface area contributed by atoms with Crippen LogP contribution in [-0.2, 0) is 16.1 Å². The van der Waals surface area contributed by atoms with Gasteiger partial charge in [-0.15, -0.1) is 11.8 Å². The lowest BCUT2D eigenvalue weighted by atomic mass is 10.3. The van der Waals surface area contributed by atoms with Crippen molar-refractivity contribution >= 4 is 34.6 Å². The number of rotatable bonds is 2. The summed E-state index contributed by atoms with van der Waals surface area (Å²) in [7, 11) is 0. The Hall–Kier alpha value is -1.82. The van der Waals surface area contributed by atoms with Gasteiger partial charge in [0, 0.05) is 0 Å². The van der Waals surface area contributed by atoms with Crippen molar-refractivity contribution in [2.24, 2.45) is 0 Å². The van der Waals surface area contributed by atoms with Gasteiger partial charge in [-0.2, -0.15) is 0 Å². The zero-order chi connectivity index (χ0) is 12.5. The van der Waals surface area contributed by atoms with Crippen molar-refractivity contribution in [2.45, 2.75) is 6.54 Å². The van der Waals surface area contributed by atoms with E-state index < -0.39 is 0 Å². The van der Waals surface area contributed by atoms with Crippen LogP contribution in [0.3, 0.4) is 0 Å². The molecule has 0 atom stereocenters. The third-order valence-electron chi connectivity index (χ3n) is 2.80. The van der Waals surface area contributed by atoms with E-state index in [1.54, 1.807) is 0 Å². The smallest absolute Gasteiger partial charge is 0.239 e. The lowest BCUT2D eigenvalue weighted by Gasteiger charge is -2.23. The normalized spacial score (nSPS) is 16.6. The van der Waals surface area contributed by atoms with Crippen molar-refractivity contribution in [3.63, 3.8) is 0 Å². The van der Waals surface area contributed by atoms with Gasteiger partial charge < -0.3 is 4.98 Å². The molecule has 1 aromatic carbocycles. The molecule has 1 fully saturated rings. The Kier molecular flexibility index (Phi) is 2.79. The first kappa shape index (κ1) is 11.3. The number of nitrogens with one attached hydrogen (secondary N) is 1. The maximum absolute atomic E-state index is 11.7. The molecule has 18 heavy (non-hydrogen) atoms. The Balaban J connectivity index is 1.87. The number of nitrogens with zero attached hydrogens (tertiary/aromatic N) is 2. The molecule has 1 aliphatic rings. The number of aromatic amines is 1. The van der Waals surface area contributed by atoms with Crippen LogP contribution in [0, 0.1) is 0 Å². The number of hydrogen-bond donors (Lipinski definition) is 1. The summed E-state index contributed by atoms with van der Waals surface area (Å²) in [5.74, 6) is 1.09. The van der Waals surface area contributed by atoms with Crippen LogP contribution < -0.4 is 0 Å². The first-order valence-electron chi connectivity index (χ1n) is 5.58. The number of H-pyrrole nitrogens is 1. The Morgan fingerprint density at radius 1 is 1.22 bits per heavy atom. The molecule has 92 valence electrons. The largest absolute Gasteiger partial charge is 0.340 e. The highest BCUT2D eigenvalue weighted by Gasteiger charge is 2.27. The van der Waals surface area contributed by atoms with Gasteiger partial charge in [-0.05, 0) is 12.1 Å². The van der Waals surface area contributed by atoms with E-state index in [1.165, 1.54) is 16.7 Å². The van der Waals surface area contributed by atoms with Gasteiger partial charge in [0.15, 0.2) is 0 Å². The topological polar surface area (TPSA) is 66.1 Å². The van der Waals surface area contributed by atoms with E-state index >= 15 is 0 Å². The molecule has 1 aromatic heterocycles. The molecule has 2 amide bonds. The van der Waals surface area contributed by atoms with E-state index in [0.717, 1.165) is 11.0 Å². The third-order valence-corrected chi connectivity index (χ3v) is 3.70. The van der Waals surface area contributed by atoms with Crippen LogP contribution in [0.5, 0.6) is 0 Å². The summed E-state index contributed by atoms with van der Waals surface area (Å²) in [5.41, 5.74) is 1.76. The van der Waals surface area contributed by atoms with Crippen molar-refractivity contribution < 1.29 is 9.59 Å². The van der Waals surface area contributed by atoms with Crippen LogP contribution in [0.15, 0.2) is 24.3 Å². The summed E-state index contributed by atoms with van der Waals surface area (Å²) in [6.45, 7) is 0.229. The molecular formula is C12H11N3O2S. The second kappa shape index (κ2) is 4.45. The molecule has 3 rings (SSSR count). The summed E-state index contributed by atoms with van der Waals surface area (Å²) in [6, 6.07) is 7.63. The monoisotopic (exact) mass is 261 g/mol. The molecule has 6 heteroatoms. The first-order chi connectivity index (χ1) is 8.74. The van der Waals surface area contributed by atoms with Crippen molar-refractivity contribution in [1.29, 1.82) is 0 Å². The highest BCUT2D eigenvalue weighted by Crippen LogP contribution is 2.16. The van der Waals surface area contributed by atoms with E-state index in [4.69, 9.17) is 0 Å². The van der Waals surface area contributed by atoms with Crippen LogP contribution in [-0.4, -0.2) is 38.2 Å². The number of hydrogen-bond acceptors (Lipinski definition) is 4. The van der Waals surface area contributed by atoms with Gasteiger partial charge >= 0.3 is 0 Å². The minimum atomic E-state index is -0.142. The van der Waals surface area contributed by atoms with Gasteiger partial charge in [0.1, 0.15) is 5.82 Å². The van der Waals surface area contributed by atoms with Gasteiger partial charge in [-0.1, -0.05) is 12.1 Å². The van der Waals surface area contributed by atoms with E-state index in [9.17, 15) is 9.59 Å². The Bertz CT molecular complexity index is 574. The maximum Gasteiger partial charge on any atom is 0.239 e. The molecule has 1 aliphatic heterocycles. The van der Waals surface area contributed by atoms with Crippen LogP contribution in [0.1, 0.15) is 5.82 Å². The van der Waals surface area contributed by atoms with Crippen LogP contribution in [0.4, 0.5) is 0 Å². The van der Waals surface area contributed by atoms with Gasteiger partial charge in [0.05, 0.1) is 29.1 Å². The zero-order valence-corrected chi connectivity index (χ0v) is 10.4. The van der Waals surface area contributed by atoms with Crippen molar-refractivity contribution in [3.8, 4) is 0 Å². The molecule has 0 unspecified atom stereocenters. The first-order valence-corrected chi connectivity index (χ1v) is 6.74. The minimum absolute atomic E-state index is 0.142. The summed E-state index contributed by atoms with van der Waals surface area (Å²) in [4.78, 5) is 32.1. The van der Waals surface area contributed by atoms with Crippen molar-refractivity contribution in [1.82, 2.24) is 14.9 Å². The number of imide groups is 1. The predicted molar refractivity (Wildman–Crippen MR) is 69.0 cm³/mol. The number of aromatic nitrogens is 2. The average molecular weight is 261 g/mol. The summed E-state index contributed by atoms with van der Waals surface area (Å²) in [5, 5.41) is 0. The quantitative estimate of drug-likeness (QED) is 0.824. The van der Waals surface area contributed by atoms with E-state index in [0.29, 0.717) is 17.3 Å². The second-order valence-electron chi connectivity index (χ2n) is 4.07. The molecular weight excluding hydrogens is 250 g/mol. The minimum Gasteiger partial charge on any atom is -0.340 e. The highest BCUT2D eigenvalue weighted by atomic mass is 32.2. The fourth-order valence-electron chi connectivity index (χ4n) is 1.93. The number of thioether (sulfide) groups is 1. The summed E-state index contributed by atoms with van der Waals surface area (Å²) in [6.07, 6.45) is 0. The fourth-order valence-corrected chi connectivity index (χ4v) is 2.69. The van der Waals surface area contributed by atoms with Gasteiger partial charge in [0.25, 0.3) is 0 Å². The van der Waals surface area contributed by atoms with Gasteiger partial charge in [-0.25, -0.2) is 4.98 Å². The number of amides is 2. The lowest BCUT2D eigenvalue weighted by molar-refractivity contribution is -0.143. The predicted octanol–water partition coefficient (Wildman–Crippen LogP) is 1.16. The van der Waals surface area contributed by atoms with Crippen molar-refractivity contribution in [2.75, 3.05) is 11.5 Å². The summed E-state index contributed by atoms with van der Waals surface area (Å²) < 4.78 is 0. The molecule has 2 aromatic rings. The van der Waals surface area contributed by atoms with Crippen molar-refractivity contribution in [3.05, 3.63) is 30.1 Å². The van der Waals surface area contributed by atoms with Gasteiger partial charge in [0.2, 0.25) is 11.8 Å². The molecule has 0 saturated carbocycles. The van der Waals surface area contributed by atoms with E-state index in [1.807, 2.05) is 24.3 Å². The third kappa shape index (κ3) is 1.99. The van der Waals surface area contributed by atoms with Crippen LogP contribution in [0.2, 0.25) is 0 Å². The molecule has 2 heterocycles. The highest BCUT2D eigenvalue weighted by molar-refractivity contribution is 8.00. The lowest BCUT2D eigenvalue weighted by Crippen LogP contribution is -2.42. The number of para-hydroxylation sites is 2. The molecule has 0 spiro atoms.